The number of halogens is 2. The molecule has 1 aliphatic carbocycles. The minimum Gasteiger partial charge on any atom is -0.492 e. The summed E-state index contributed by atoms with van der Waals surface area (Å²) < 4.78 is 21.9. The molecular weight excluding hydrogens is 535 g/mol. The highest BCUT2D eigenvalue weighted by Gasteiger charge is 2.52. The van der Waals surface area contributed by atoms with E-state index < -0.39 is 11.7 Å². The van der Waals surface area contributed by atoms with E-state index in [1.54, 1.807) is 6.20 Å². The number of aromatic amines is 1. The standard InChI is InChI=1S/C28H26ClFN8O2/c1-2-40-18-12-19(25-20-14-32-33-26(20)34-37(25)15-18)17-6-7-23(31-13-17)36-10-11-38(28(16-36)8-9-28)35-27(39)24-21(29)4-3-5-22(24)30/h3-7,12-15H,2,8-11,16H2,1H3,(H,33,34)(H,35,39). The molecule has 0 bridgehead atoms. The van der Waals surface area contributed by atoms with Crippen molar-refractivity contribution in [2.24, 2.45) is 0 Å². The maximum Gasteiger partial charge on any atom is 0.270 e. The fourth-order valence-electron chi connectivity index (χ4n) is 5.55. The molecule has 2 N–H and O–H groups in total. The van der Waals surface area contributed by atoms with Gasteiger partial charge in [0.15, 0.2) is 5.65 Å². The van der Waals surface area contributed by atoms with Gasteiger partial charge in [-0.2, -0.15) is 5.10 Å². The molecule has 1 aromatic carbocycles. The van der Waals surface area contributed by atoms with Crippen LogP contribution in [0.2, 0.25) is 5.02 Å². The highest BCUT2D eigenvalue weighted by Crippen LogP contribution is 2.44. The Bertz CT molecular complexity index is 1730. The lowest BCUT2D eigenvalue weighted by Crippen LogP contribution is -2.61. The van der Waals surface area contributed by atoms with Crippen LogP contribution in [-0.4, -0.2) is 67.5 Å². The third-order valence-electron chi connectivity index (χ3n) is 7.70. The predicted octanol–water partition coefficient (Wildman–Crippen LogP) is 4.46. The molecule has 0 atom stereocenters. The molecule has 12 heteroatoms. The number of anilines is 1. The van der Waals surface area contributed by atoms with Crippen molar-refractivity contribution in [3.63, 3.8) is 0 Å². The molecule has 5 heterocycles. The second kappa shape index (κ2) is 9.46. The molecule has 40 heavy (non-hydrogen) atoms. The van der Waals surface area contributed by atoms with Gasteiger partial charge in [0.2, 0.25) is 0 Å². The van der Waals surface area contributed by atoms with Gasteiger partial charge >= 0.3 is 0 Å². The zero-order chi connectivity index (χ0) is 27.4. The summed E-state index contributed by atoms with van der Waals surface area (Å²) in [6, 6.07) is 10.3. The highest BCUT2D eigenvalue weighted by molar-refractivity contribution is 6.33. The Balaban J connectivity index is 1.12. The summed E-state index contributed by atoms with van der Waals surface area (Å²) in [5, 5.41) is 14.6. The van der Waals surface area contributed by atoms with E-state index in [1.807, 2.05) is 41.0 Å². The van der Waals surface area contributed by atoms with Crippen LogP contribution in [0.3, 0.4) is 0 Å². The number of aromatic nitrogens is 5. The second-order valence-corrected chi connectivity index (χ2v) is 10.6. The Morgan fingerprint density at radius 3 is 2.85 bits per heavy atom. The maximum atomic E-state index is 14.3. The Morgan fingerprint density at radius 1 is 1.23 bits per heavy atom. The molecule has 5 aromatic rings. The fraction of sp³-hybridized carbons (Fsp3) is 0.286. The normalized spacial score (nSPS) is 16.6. The fourth-order valence-corrected chi connectivity index (χ4v) is 5.80. The van der Waals surface area contributed by atoms with Gasteiger partial charge in [0.1, 0.15) is 17.4 Å². The van der Waals surface area contributed by atoms with Crippen molar-refractivity contribution in [1.82, 2.24) is 35.2 Å². The number of carbonyl (C=O) groups excluding carboxylic acids is 1. The number of fused-ring (bicyclic) bond motifs is 3. The molecule has 2 fully saturated rings. The molecule has 4 aromatic heterocycles. The molecule has 7 rings (SSSR count). The lowest BCUT2D eigenvalue weighted by molar-refractivity contribution is 0.0586. The Labute approximate surface area is 233 Å². The molecule has 10 nitrogen and oxygen atoms in total. The first-order valence-corrected chi connectivity index (χ1v) is 13.6. The lowest BCUT2D eigenvalue weighted by Gasteiger charge is -2.42. The van der Waals surface area contributed by atoms with Crippen molar-refractivity contribution in [3.05, 3.63) is 71.4 Å². The number of pyridine rings is 2. The van der Waals surface area contributed by atoms with Gasteiger partial charge in [0, 0.05) is 37.0 Å². The number of benzene rings is 1. The molecule has 1 saturated heterocycles. The summed E-state index contributed by atoms with van der Waals surface area (Å²) >= 11 is 6.11. The lowest BCUT2D eigenvalue weighted by atomic mass is 10.1. The summed E-state index contributed by atoms with van der Waals surface area (Å²) in [5.41, 5.74) is 6.09. The first kappa shape index (κ1) is 24.8. The number of hydrazine groups is 1. The Hall–Kier alpha value is -4.22. The predicted molar refractivity (Wildman–Crippen MR) is 149 cm³/mol. The van der Waals surface area contributed by atoms with Crippen molar-refractivity contribution in [1.29, 1.82) is 0 Å². The number of piperazine rings is 1. The van der Waals surface area contributed by atoms with Crippen LogP contribution in [0.4, 0.5) is 10.2 Å². The minimum absolute atomic E-state index is 0.0961. The van der Waals surface area contributed by atoms with Crippen molar-refractivity contribution in [3.8, 4) is 16.9 Å². The number of carbonyl (C=O) groups is 1. The summed E-state index contributed by atoms with van der Waals surface area (Å²) in [4.78, 5) is 19.9. The van der Waals surface area contributed by atoms with Crippen LogP contribution in [0.5, 0.6) is 5.75 Å². The van der Waals surface area contributed by atoms with Crippen LogP contribution in [-0.2, 0) is 0 Å². The van der Waals surface area contributed by atoms with Crippen molar-refractivity contribution in [2.75, 3.05) is 31.1 Å². The van der Waals surface area contributed by atoms with Gasteiger partial charge in [-0.05, 0) is 50.1 Å². The summed E-state index contributed by atoms with van der Waals surface area (Å²) in [5.74, 6) is 0.415. The second-order valence-electron chi connectivity index (χ2n) is 10.2. The molecule has 1 aliphatic heterocycles. The van der Waals surface area contributed by atoms with E-state index in [0.29, 0.717) is 31.9 Å². The van der Waals surface area contributed by atoms with Crippen LogP contribution in [0, 0.1) is 5.82 Å². The summed E-state index contributed by atoms with van der Waals surface area (Å²) in [6.45, 7) is 4.43. The number of nitrogens with zero attached hydrogens (tertiary/aromatic N) is 6. The quantitative estimate of drug-likeness (QED) is 0.316. The number of nitrogens with one attached hydrogen (secondary N) is 2. The summed E-state index contributed by atoms with van der Waals surface area (Å²) in [6.07, 6.45) is 7.36. The van der Waals surface area contributed by atoms with Gasteiger partial charge in [0.25, 0.3) is 5.91 Å². The van der Waals surface area contributed by atoms with E-state index in [1.165, 1.54) is 18.2 Å². The molecule has 0 radical (unpaired) electrons. The van der Waals surface area contributed by atoms with Crippen molar-refractivity contribution < 1.29 is 13.9 Å². The van der Waals surface area contributed by atoms with Crippen molar-refractivity contribution >= 4 is 39.9 Å². The SMILES string of the molecule is CCOc1cc(-c2ccc(N3CCN(NC(=O)c4c(F)cccc4Cl)C4(CC4)C3)nc2)c2c3cn[nH]c3nn2c1. The average Bonchev–Trinajstić information content (AvgIpc) is 3.40. The number of hydrogen-bond donors (Lipinski definition) is 2. The molecule has 1 saturated carbocycles. The topological polar surface area (TPSA) is 104 Å². The smallest absolute Gasteiger partial charge is 0.270 e. The molecular formula is C28H26ClFN8O2. The highest BCUT2D eigenvalue weighted by atomic mass is 35.5. The van der Waals surface area contributed by atoms with E-state index in [9.17, 15) is 9.18 Å². The number of amides is 1. The molecule has 1 amide bonds. The molecule has 1 spiro atoms. The van der Waals surface area contributed by atoms with Gasteiger partial charge in [-0.25, -0.2) is 18.9 Å². The van der Waals surface area contributed by atoms with Crippen LogP contribution in [0.25, 0.3) is 27.7 Å². The van der Waals surface area contributed by atoms with Crippen molar-refractivity contribution in [2.45, 2.75) is 25.3 Å². The van der Waals surface area contributed by atoms with Crippen LogP contribution in [0.1, 0.15) is 30.1 Å². The maximum absolute atomic E-state index is 14.3. The van der Waals surface area contributed by atoms with Gasteiger partial charge in [-0.15, -0.1) is 5.10 Å². The van der Waals surface area contributed by atoms with Gasteiger partial charge in [-0.3, -0.25) is 15.3 Å². The molecule has 0 unspecified atom stereocenters. The van der Waals surface area contributed by atoms with E-state index in [4.69, 9.17) is 21.3 Å². The van der Waals surface area contributed by atoms with Gasteiger partial charge in [0.05, 0.1) is 46.0 Å². The number of hydrogen-bond acceptors (Lipinski definition) is 7. The van der Waals surface area contributed by atoms with E-state index in [0.717, 1.165) is 46.4 Å². The molecule has 2 aliphatic rings. The minimum atomic E-state index is -0.633. The number of H-pyrrole nitrogens is 1. The van der Waals surface area contributed by atoms with E-state index >= 15 is 0 Å². The monoisotopic (exact) mass is 560 g/mol. The van der Waals surface area contributed by atoms with E-state index in [2.05, 4.69) is 31.7 Å². The number of rotatable bonds is 6. The zero-order valence-corrected chi connectivity index (χ0v) is 22.5. The number of ether oxygens (including phenoxy) is 1. The van der Waals surface area contributed by atoms with Crippen LogP contribution >= 0.6 is 11.6 Å². The third-order valence-corrected chi connectivity index (χ3v) is 8.02. The average molecular weight is 561 g/mol. The molecule has 204 valence electrons. The Kier molecular flexibility index (Phi) is 5.86. The van der Waals surface area contributed by atoms with Gasteiger partial charge in [-0.1, -0.05) is 17.7 Å². The zero-order valence-electron chi connectivity index (χ0n) is 21.7. The largest absolute Gasteiger partial charge is 0.492 e. The third kappa shape index (κ3) is 4.13. The van der Waals surface area contributed by atoms with E-state index in [-0.39, 0.29) is 16.1 Å². The Morgan fingerprint density at radius 2 is 2.10 bits per heavy atom. The van der Waals surface area contributed by atoms with Crippen LogP contribution < -0.4 is 15.1 Å². The first-order chi connectivity index (χ1) is 19.5. The first-order valence-electron chi connectivity index (χ1n) is 13.2. The summed E-state index contributed by atoms with van der Waals surface area (Å²) in [7, 11) is 0. The van der Waals surface area contributed by atoms with Crippen LogP contribution in [0.15, 0.2) is 55.0 Å². The van der Waals surface area contributed by atoms with Gasteiger partial charge < -0.3 is 9.64 Å².